The molecule has 4 rings (SSSR count). The number of nitrogens with one attached hydrogen (secondary N) is 1. The van der Waals surface area contributed by atoms with Gasteiger partial charge in [0.2, 0.25) is 21.8 Å². The van der Waals surface area contributed by atoms with E-state index in [2.05, 4.69) is 5.32 Å². The van der Waals surface area contributed by atoms with Crippen molar-refractivity contribution < 1.29 is 22.4 Å². The zero-order chi connectivity index (χ0) is 31.7. The van der Waals surface area contributed by atoms with Crippen molar-refractivity contribution in [2.75, 3.05) is 17.1 Å². The summed E-state index contributed by atoms with van der Waals surface area (Å²) in [6.07, 6.45) is 6.50. The third-order valence-electron chi connectivity index (χ3n) is 8.11. The first kappa shape index (κ1) is 33.5. The topological polar surface area (TPSA) is 86.8 Å². The Morgan fingerprint density at radius 1 is 1.00 bits per heavy atom. The van der Waals surface area contributed by atoms with E-state index in [-0.39, 0.29) is 50.2 Å². The second-order valence-electron chi connectivity index (χ2n) is 11.5. The van der Waals surface area contributed by atoms with Crippen LogP contribution >= 0.6 is 11.6 Å². The van der Waals surface area contributed by atoms with Crippen molar-refractivity contribution in [1.82, 2.24) is 10.2 Å². The van der Waals surface area contributed by atoms with Crippen LogP contribution in [0.2, 0.25) is 5.02 Å². The van der Waals surface area contributed by atoms with Gasteiger partial charge in [-0.3, -0.25) is 13.9 Å². The molecular formula is C34H41ClFN3O4S. The Labute approximate surface area is 265 Å². The number of amides is 2. The van der Waals surface area contributed by atoms with E-state index < -0.39 is 21.9 Å². The number of anilines is 1. The van der Waals surface area contributed by atoms with E-state index in [1.165, 1.54) is 15.3 Å². The zero-order valence-corrected chi connectivity index (χ0v) is 26.9. The van der Waals surface area contributed by atoms with Crippen LogP contribution in [0.4, 0.5) is 10.1 Å². The van der Waals surface area contributed by atoms with Crippen LogP contribution in [0.25, 0.3) is 0 Å². The van der Waals surface area contributed by atoms with Gasteiger partial charge in [0.25, 0.3) is 0 Å². The van der Waals surface area contributed by atoms with Crippen LogP contribution in [0.1, 0.15) is 61.6 Å². The first-order valence-electron chi connectivity index (χ1n) is 15.1. The summed E-state index contributed by atoms with van der Waals surface area (Å²) in [5.74, 6) is -1.09. The maximum Gasteiger partial charge on any atom is 0.243 e. The van der Waals surface area contributed by atoms with Crippen LogP contribution in [0.15, 0.2) is 72.8 Å². The number of sulfonamides is 1. The summed E-state index contributed by atoms with van der Waals surface area (Å²) in [5, 5.41) is 3.58. The molecule has 0 radical (unpaired) electrons. The second kappa shape index (κ2) is 15.5. The SMILES string of the molecule is Cc1ccc(Cl)cc1N(CCCC(=O)N(Cc1ccccc1F)C(Cc1ccccc1)C(=O)NC1CCCCC1)S(C)(=O)=O. The van der Waals surface area contributed by atoms with Crippen molar-refractivity contribution in [2.45, 2.75) is 76.9 Å². The number of rotatable bonds is 13. The van der Waals surface area contributed by atoms with E-state index in [9.17, 15) is 22.4 Å². The quantitative estimate of drug-likeness (QED) is 0.233. The summed E-state index contributed by atoms with van der Waals surface area (Å²) in [5.41, 5.74) is 2.36. The predicted molar refractivity (Wildman–Crippen MR) is 174 cm³/mol. The number of hydrogen-bond acceptors (Lipinski definition) is 4. The van der Waals surface area contributed by atoms with Crippen LogP contribution < -0.4 is 9.62 Å². The highest BCUT2D eigenvalue weighted by molar-refractivity contribution is 7.92. The molecule has 1 aliphatic rings. The average molecular weight is 642 g/mol. The molecule has 0 saturated heterocycles. The molecule has 1 unspecified atom stereocenters. The molecule has 1 saturated carbocycles. The molecule has 3 aromatic rings. The van der Waals surface area contributed by atoms with Crippen molar-refractivity contribution in [3.8, 4) is 0 Å². The molecule has 2 amide bonds. The van der Waals surface area contributed by atoms with Gasteiger partial charge in [-0.15, -0.1) is 0 Å². The third kappa shape index (κ3) is 9.29. The minimum Gasteiger partial charge on any atom is -0.352 e. The van der Waals surface area contributed by atoms with Crippen molar-refractivity contribution in [3.05, 3.63) is 100 Å². The Morgan fingerprint density at radius 2 is 1.68 bits per heavy atom. The lowest BCUT2D eigenvalue weighted by Crippen LogP contribution is -2.53. The fraction of sp³-hybridized carbons (Fsp3) is 0.412. The number of hydrogen-bond donors (Lipinski definition) is 1. The fourth-order valence-electron chi connectivity index (χ4n) is 5.74. The molecule has 0 heterocycles. The molecule has 1 N–H and O–H groups in total. The molecule has 1 aliphatic carbocycles. The van der Waals surface area contributed by atoms with Crippen LogP contribution in [0.5, 0.6) is 0 Å². The average Bonchev–Trinajstić information content (AvgIpc) is 2.99. The summed E-state index contributed by atoms with van der Waals surface area (Å²) < 4.78 is 41.7. The number of benzene rings is 3. The van der Waals surface area contributed by atoms with Gasteiger partial charge in [-0.05, 0) is 55.5 Å². The molecule has 0 bridgehead atoms. The van der Waals surface area contributed by atoms with E-state index in [0.29, 0.717) is 16.3 Å². The molecule has 0 spiro atoms. The maximum absolute atomic E-state index is 14.9. The second-order valence-corrected chi connectivity index (χ2v) is 13.9. The van der Waals surface area contributed by atoms with Gasteiger partial charge < -0.3 is 10.2 Å². The van der Waals surface area contributed by atoms with Crippen molar-refractivity contribution in [1.29, 1.82) is 0 Å². The van der Waals surface area contributed by atoms with E-state index in [1.54, 1.807) is 43.3 Å². The molecular weight excluding hydrogens is 601 g/mol. The molecule has 1 atom stereocenters. The van der Waals surface area contributed by atoms with Gasteiger partial charge >= 0.3 is 0 Å². The number of aryl methyl sites for hydroxylation is 1. The third-order valence-corrected chi connectivity index (χ3v) is 9.53. The monoisotopic (exact) mass is 641 g/mol. The lowest BCUT2D eigenvalue weighted by Gasteiger charge is -2.34. The van der Waals surface area contributed by atoms with E-state index in [4.69, 9.17) is 11.6 Å². The fourth-order valence-corrected chi connectivity index (χ4v) is 6.92. The summed E-state index contributed by atoms with van der Waals surface area (Å²) in [7, 11) is -3.68. The highest BCUT2D eigenvalue weighted by Gasteiger charge is 2.32. The lowest BCUT2D eigenvalue weighted by atomic mass is 9.94. The lowest BCUT2D eigenvalue weighted by molar-refractivity contribution is -0.141. The van der Waals surface area contributed by atoms with Gasteiger partial charge in [0.15, 0.2) is 0 Å². The standard InChI is InChI=1S/C34H41ClFN3O4S/c1-25-19-20-28(35)23-31(25)39(44(2,42)43)21-11-18-33(40)38(24-27-14-9-10-17-30(27)36)32(22-26-12-5-3-6-13-26)34(41)37-29-15-7-4-8-16-29/h3,5-6,9-10,12-14,17,19-20,23,29,32H,4,7-8,11,15-16,18,21-22,24H2,1-2H3,(H,37,41). The van der Waals surface area contributed by atoms with Crippen molar-refractivity contribution in [3.63, 3.8) is 0 Å². The Hall–Kier alpha value is -3.43. The molecule has 7 nitrogen and oxygen atoms in total. The van der Waals surface area contributed by atoms with Gasteiger partial charge in [0, 0.05) is 42.6 Å². The first-order valence-corrected chi connectivity index (χ1v) is 17.4. The first-order chi connectivity index (χ1) is 21.0. The summed E-state index contributed by atoms with van der Waals surface area (Å²) >= 11 is 6.18. The molecule has 0 aromatic heterocycles. The van der Waals surface area contributed by atoms with Gasteiger partial charge in [0.05, 0.1) is 11.9 Å². The number of nitrogens with zero attached hydrogens (tertiary/aromatic N) is 2. The summed E-state index contributed by atoms with van der Waals surface area (Å²) in [6.45, 7) is 1.74. The van der Waals surface area contributed by atoms with Gasteiger partial charge in [-0.1, -0.05) is 85.5 Å². The maximum atomic E-state index is 14.9. The smallest absolute Gasteiger partial charge is 0.243 e. The highest BCUT2D eigenvalue weighted by Crippen LogP contribution is 2.27. The Morgan fingerprint density at radius 3 is 2.36 bits per heavy atom. The molecule has 10 heteroatoms. The molecule has 0 aliphatic heterocycles. The van der Waals surface area contributed by atoms with Crippen molar-refractivity contribution >= 4 is 39.1 Å². The summed E-state index contributed by atoms with van der Waals surface area (Å²) in [6, 6.07) is 19.9. The van der Waals surface area contributed by atoms with E-state index in [0.717, 1.165) is 49.5 Å². The van der Waals surface area contributed by atoms with Crippen LogP contribution in [-0.2, 0) is 32.6 Å². The van der Waals surface area contributed by atoms with E-state index >= 15 is 0 Å². The number of carbonyl (C=O) groups excluding carboxylic acids is 2. The molecule has 236 valence electrons. The van der Waals surface area contributed by atoms with E-state index in [1.807, 2.05) is 30.3 Å². The minimum absolute atomic E-state index is 0.0317. The predicted octanol–water partition coefficient (Wildman–Crippen LogP) is 6.42. The van der Waals surface area contributed by atoms with Gasteiger partial charge in [-0.2, -0.15) is 0 Å². The van der Waals surface area contributed by atoms with Crippen LogP contribution in [0.3, 0.4) is 0 Å². The Balaban J connectivity index is 1.61. The highest BCUT2D eigenvalue weighted by atomic mass is 35.5. The van der Waals surface area contributed by atoms with Gasteiger partial charge in [-0.25, -0.2) is 12.8 Å². The molecule has 44 heavy (non-hydrogen) atoms. The zero-order valence-electron chi connectivity index (χ0n) is 25.3. The normalized spacial score (nSPS) is 14.5. The Bertz CT molecular complexity index is 1530. The number of halogens is 2. The molecule has 3 aromatic carbocycles. The Kier molecular flexibility index (Phi) is 11.8. The van der Waals surface area contributed by atoms with Crippen molar-refractivity contribution in [2.24, 2.45) is 0 Å². The van der Waals surface area contributed by atoms with Crippen LogP contribution in [-0.4, -0.2) is 50.0 Å². The molecule has 1 fully saturated rings. The largest absolute Gasteiger partial charge is 0.352 e. The van der Waals surface area contributed by atoms with Gasteiger partial charge in [0.1, 0.15) is 11.9 Å². The number of carbonyl (C=O) groups is 2. The summed E-state index contributed by atoms with van der Waals surface area (Å²) in [4.78, 5) is 29.4. The van der Waals surface area contributed by atoms with Crippen LogP contribution in [0, 0.1) is 12.7 Å². The minimum atomic E-state index is -3.68.